The van der Waals surface area contributed by atoms with Crippen molar-refractivity contribution in [3.8, 4) is 0 Å². The van der Waals surface area contributed by atoms with Gasteiger partial charge in [0.1, 0.15) is 11.9 Å². The minimum absolute atomic E-state index is 0.660. The van der Waals surface area contributed by atoms with Crippen LogP contribution in [0, 0.1) is 0 Å². The number of fused-ring (bicyclic) bond motifs is 1. The highest BCUT2D eigenvalue weighted by Crippen LogP contribution is 2.08. The lowest BCUT2D eigenvalue weighted by molar-refractivity contribution is 0.169. The molecule has 4 heterocycles. The summed E-state index contributed by atoms with van der Waals surface area (Å²) < 4.78 is 6.93. The number of aromatic nitrogens is 3. The zero-order valence-corrected chi connectivity index (χ0v) is 14.9. The molecular formula is C18H23N7O. The third-order valence-electron chi connectivity index (χ3n) is 4.60. The number of nitrogens with zero attached hydrogens (tertiary/aromatic N) is 6. The Bertz CT molecular complexity index is 830. The minimum atomic E-state index is 0.660. The number of hydrogen-bond acceptors (Lipinski definition) is 5. The zero-order chi connectivity index (χ0) is 17.8. The van der Waals surface area contributed by atoms with Gasteiger partial charge in [0.2, 0.25) is 0 Å². The highest BCUT2D eigenvalue weighted by Gasteiger charge is 2.20. The number of guanidine groups is 1. The van der Waals surface area contributed by atoms with E-state index in [1.54, 1.807) is 6.26 Å². The summed E-state index contributed by atoms with van der Waals surface area (Å²) in [5.41, 5.74) is 2.94. The second-order valence-electron chi connectivity index (χ2n) is 6.35. The molecule has 0 spiro atoms. The van der Waals surface area contributed by atoms with Crippen molar-refractivity contribution >= 4 is 11.6 Å². The normalized spacial score (nSPS) is 16.3. The topological polar surface area (TPSA) is 74.2 Å². The number of aliphatic imine (C=N–C) groups is 1. The van der Waals surface area contributed by atoms with Gasteiger partial charge in [0, 0.05) is 58.2 Å². The number of nitrogens with one attached hydrogen (secondary N) is 1. The Kier molecular flexibility index (Phi) is 4.83. The van der Waals surface area contributed by atoms with E-state index in [0.717, 1.165) is 55.7 Å². The van der Waals surface area contributed by atoms with Gasteiger partial charge in [-0.05, 0) is 12.1 Å². The van der Waals surface area contributed by atoms with Crippen LogP contribution >= 0.6 is 0 Å². The SMILES string of the molecule is CN=C(NCc1cn2ccccc2n1)N1CCN(Cc2ccon2)CC1. The highest BCUT2D eigenvalue weighted by atomic mass is 16.5. The van der Waals surface area contributed by atoms with Crippen LogP contribution in [0.4, 0.5) is 0 Å². The van der Waals surface area contributed by atoms with Gasteiger partial charge in [0.05, 0.1) is 17.9 Å². The van der Waals surface area contributed by atoms with Crippen LogP contribution in [-0.4, -0.2) is 63.5 Å². The average molecular weight is 353 g/mol. The summed E-state index contributed by atoms with van der Waals surface area (Å²) in [4.78, 5) is 13.7. The first-order valence-electron chi connectivity index (χ1n) is 8.81. The molecule has 26 heavy (non-hydrogen) atoms. The van der Waals surface area contributed by atoms with Crippen molar-refractivity contribution < 1.29 is 4.52 Å². The maximum Gasteiger partial charge on any atom is 0.194 e. The second-order valence-corrected chi connectivity index (χ2v) is 6.35. The van der Waals surface area contributed by atoms with E-state index in [1.165, 1.54) is 0 Å². The maximum absolute atomic E-state index is 4.90. The zero-order valence-electron chi connectivity index (χ0n) is 14.9. The minimum Gasteiger partial charge on any atom is -0.364 e. The molecule has 4 rings (SSSR count). The first kappa shape index (κ1) is 16.6. The van der Waals surface area contributed by atoms with Crippen molar-refractivity contribution in [1.29, 1.82) is 0 Å². The first-order chi connectivity index (χ1) is 12.8. The summed E-state index contributed by atoms with van der Waals surface area (Å²) in [5.74, 6) is 0.920. The summed E-state index contributed by atoms with van der Waals surface area (Å²) in [6, 6.07) is 7.93. The number of imidazole rings is 1. The van der Waals surface area contributed by atoms with E-state index in [0.29, 0.717) is 6.54 Å². The lowest BCUT2D eigenvalue weighted by atomic mass is 10.3. The van der Waals surface area contributed by atoms with E-state index in [1.807, 2.05) is 48.1 Å². The molecule has 0 amide bonds. The molecule has 0 saturated carbocycles. The van der Waals surface area contributed by atoms with Crippen molar-refractivity contribution in [3.63, 3.8) is 0 Å². The Morgan fingerprint density at radius 3 is 2.81 bits per heavy atom. The van der Waals surface area contributed by atoms with Gasteiger partial charge in [-0.1, -0.05) is 11.2 Å². The van der Waals surface area contributed by atoms with Crippen molar-refractivity contribution in [2.75, 3.05) is 33.2 Å². The van der Waals surface area contributed by atoms with Crippen LogP contribution in [-0.2, 0) is 13.1 Å². The van der Waals surface area contributed by atoms with Gasteiger partial charge in [-0.2, -0.15) is 0 Å². The predicted octanol–water partition coefficient (Wildman–Crippen LogP) is 1.22. The van der Waals surface area contributed by atoms with E-state index < -0.39 is 0 Å². The average Bonchev–Trinajstić information content (AvgIpc) is 3.32. The molecule has 0 aromatic carbocycles. The summed E-state index contributed by atoms with van der Waals surface area (Å²) in [5, 5.41) is 7.42. The van der Waals surface area contributed by atoms with Crippen LogP contribution in [0.15, 0.2) is 52.4 Å². The van der Waals surface area contributed by atoms with Gasteiger partial charge in [-0.3, -0.25) is 9.89 Å². The Morgan fingerprint density at radius 1 is 1.19 bits per heavy atom. The molecule has 3 aromatic heterocycles. The van der Waals surface area contributed by atoms with Crippen molar-refractivity contribution in [2.45, 2.75) is 13.1 Å². The Balaban J connectivity index is 1.30. The van der Waals surface area contributed by atoms with Crippen molar-refractivity contribution in [3.05, 3.63) is 54.3 Å². The van der Waals surface area contributed by atoms with Gasteiger partial charge in [0.15, 0.2) is 5.96 Å². The molecule has 136 valence electrons. The Hall–Kier alpha value is -2.87. The van der Waals surface area contributed by atoms with E-state index in [9.17, 15) is 0 Å². The van der Waals surface area contributed by atoms with Crippen LogP contribution in [0.1, 0.15) is 11.4 Å². The van der Waals surface area contributed by atoms with Gasteiger partial charge in [0.25, 0.3) is 0 Å². The van der Waals surface area contributed by atoms with E-state index in [-0.39, 0.29) is 0 Å². The van der Waals surface area contributed by atoms with Gasteiger partial charge in [-0.25, -0.2) is 4.98 Å². The quantitative estimate of drug-likeness (QED) is 0.561. The summed E-state index contributed by atoms with van der Waals surface area (Å²) in [6.45, 7) is 5.31. The molecule has 1 aliphatic rings. The molecule has 8 heteroatoms. The molecule has 8 nitrogen and oxygen atoms in total. The fraction of sp³-hybridized carbons (Fsp3) is 0.389. The van der Waals surface area contributed by atoms with Gasteiger partial charge < -0.3 is 19.1 Å². The first-order valence-corrected chi connectivity index (χ1v) is 8.81. The maximum atomic E-state index is 4.90. The second kappa shape index (κ2) is 7.57. The molecule has 0 unspecified atom stereocenters. The molecule has 0 aliphatic carbocycles. The number of pyridine rings is 1. The molecule has 1 fully saturated rings. The molecule has 3 aromatic rings. The number of rotatable bonds is 4. The summed E-state index contributed by atoms with van der Waals surface area (Å²) in [6.07, 6.45) is 5.68. The van der Waals surface area contributed by atoms with Crippen LogP contribution in [0.25, 0.3) is 5.65 Å². The molecule has 0 radical (unpaired) electrons. The van der Waals surface area contributed by atoms with E-state index >= 15 is 0 Å². The van der Waals surface area contributed by atoms with Crippen LogP contribution in [0.3, 0.4) is 0 Å². The molecule has 0 bridgehead atoms. The molecule has 1 N–H and O–H groups in total. The standard InChI is InChI=1S/C18H23N7O/c1-19-18(20-12-16-14-25-6-3-2-4-17(25)21-16)24-9-7-23(8-10-24)13-15-5-11-26-22-15/h2-6,11,14H,7-10,12-13H2,1H3,(H,19,20). The highest BCUT2D eigenvalue weighted by molar-refractivity contribution is 5.80. The van der Waals surface area contributed by atoms with E-state index in [4.69, 9.17) is 4.52 Å². The third-order valence-corrected chi connectivity index (χ3v) is 4.60. The van der Waals surface area contributed by atoms with Crippen molar-refractivity contribution in [1.82, 2.24) is 29.7 Å². The number of piperazine rings is 1. The number of hydrogen-bond donors (Lipinski definition) is 1. The van der Waals surface area contributed by atoms with E-state index in [2.05, 4.69) is 30.2 Å². The van der Waals surface area contributed by atoms with Gasteiger partial charge in [-0.15, -0.1) is 0 Å². The molecular weight excluding hydrogens is 330 g/mol. The lowest BCUT2D eigenvalue weighted by Crippen LogP contribution is -2.52. The third kappa shape index (κ3) is 3.70. The summed E-state index contributed by atoms with van der Waals surface area (Å²) >= 11 is 0. The van der Waals surface area contributed by atoms with Gasteiger partial charge >= 0.3 is 0 Å². The monoisotopic (exact) mass is 353 g/mol. The largest absolute Gasteiger partial charge is 0.364 e. The predicted molar refractivity (Wildman–Crippen MR) is 98.7 cm³/mol. The summed E-state index contributed by atoms with van der Waals surface area (Å²) in [7, 11) is 1.83. The lowest BCUT2D eigenvalue weighted by Gasteiger charge is -2.36. The Labute approximate surface area is 152 Å². The molecule has 1 saturated heterocycles. The van der Waals surface area contributed by atoms with Crippen molar-refractivity contribution in [2.24, 2.45) is 4.99 Å². The fourth-order valence-corrected chi connectivity index (χ4v) is 3.24. The van der Waals surface area contributed by atoms with Crippen LogP contribution < -0.4 is 5.32 Å². The Morgan fingerprint density at radius 2 is 2.08 bits per heavy atom. The smallest absolute Gasteiger partial charge is 0.194 e. The van der Waals surface area contributed by atoms with Crippen LogP contribution in [0.5, 0.6) is 0 Å². The molecule has 1 aliphatic heterocycles. The fourth-order valence-electron chi connectivity index (χ4n) is 3.24. The van der Waals surface area contributed by atoms with Crippen LogP contribution in [0.2, 0.25) is 0 Å². The molecule has 0 atom stereocenters.